The fourth-order valence-electron chi connectivity index (χ4n) is 1.27. The molecule has 0 saturated carbocycles. The Morgan fingerprint density at radius 1 is 1.07 bits per heavy atom. The monoisotopic (exact) mass is 196 g/mol. The summed E-state index contributed by atoms with van der Waals surface area (Å²) in [6, 6.07) is 0. The average molecular weight is 196 g/mol. The minimum absolute atomic E-state index is 0.253. The smallest absolute Gasteiger partial charge is 0.0465 e. The Labute approximate surface area is 88.5 Å². The Morgan fingerprint density at radius 2 is 1.71 bits per heavy atom. The largest absolute Gasteiger partial charge is 0.396 e. The van der Waals surface area contributed by atoms with Gasteiger partial charge < -0.3 is 5.11 Å². The molecule has 0 rings (SSSR count). The summed E-state index contributed by atoms with van der Waals surface area (Å²) >= 11 is 0. The van der Waals surface area contributed by atoms with E-state index in [9.17, 15) is 0 Å². The third-order valence-electron chi connectivity index (χ3n) is 2.15. The van der Waals surface area contributed by atoms with Gasteiger partial charge in [0.2, 0.25) is 0 Å². The molecule has 82 valence electrons. The molecule has 0 aliphatic carbocycles. The lowest BCUT2D eigenvalue weighted by atomic mass is 10.1. The van der Waals surface area contributed by atoms with E-state index in [4.69, 9.17) is 5.11 Å². The van der Waals surface area contributed by atoms with E-state index in [0.717, 1.165) is 6.42 Å². The van der Waals surface area contributed by atoms with E-state index in [0.29, 0.717) is 5.92 Å². The highest BCUT2D eigenvalue weighted by Gasteiger charge is 1.88. The summed E-state index contributed by atoms with van der Waals surface area (Å²) in [5.74, 6) is 0.503. The molecule has 14 heavy (non-hydrogen) atoms. The predicted octanol–water partition coefficient (Wildman–Crippen LogP) is 3.70. The van der Waals surface area contributed by atoms with Gasteiger partial charge in [-0.3, -0.25) is 0 Å². The molecule has 0 aromatic carbocycles. The Hall–Kier alpha value is -0.560. The standard InChI is InChI=1S/C13H24O/c1-3-4-5-6-7-10-13(2)11-8-9-12-14/h7-8,10-11,13-14H,3-6,9,12H2,1-2H3/b10-7-,11-8-/t13-/m1/s1. The molecule has 0 saturated heterocycles. The summed E-state index contributed by atoms with van der Waals surface area (Å²) in [6.45, 7) is 4.65. The van der Waals surface area contributed by atoms with Crippen molar-refractivity contribution in [1.82, 2.24) is 0 Å². The molecule has 0 aliphatic heterocycles. The van der Waals surface area contributed by atoms with Gasteiger partial charge in [-0.25, -0.2) is 0 Å². The van der Waals surface area contributed by atoms with Crippen LogP contribution < -0.4 is 0 Å². The van der Waals surface area contributed by atoms with Crippen molar-refractivity contribution in [3.63, 3.8) is 0 Å². The van der Waals surface area contributed by atoms with Gasteiger partial charge in [0.1, 0.15) is 0 Å². The molecule has 0 radical (unpaired) electrons. The maximum absolute atomic E-state index is 8.58. The SMILES string of the molecule is CCCCC/C=C\[C@@H](C)/C=C\CCO. The first-order valence-corrected chi connectivity index (χ1v) is 5.75. The van der Waals surface area contributed by atoms with Crippen LogP contribution in [0, 0.1) is 5.92 Å². The average Bonchev–Trinajstić information content (AvgIpc) is 2.18. The van der Waals surface area contributed by atoms with Crippen LogP contribution in [0.5, 0.6) is 0 Å². The predicted molar refractivity (Wildman–Crippen MR) is 63.3 cm³/mol. The summed E-state index contributed by atoms with van der Waals surface area (Å²) in [4.78, 5) is 0. The van der Waals surface area contributed by atoms with Gasteiger partial charge >= 0.3 is 0 Å². The Balaban J connectivity index is 3.44. The summed E-state index contributed by atoms with van der Waals surface area (Å²) in [6.07, 6.45) is 14.6. The van der Waals surface area contributed by atoms with Crippen LogP contribution in [-0.2, 0) is 0 Å². The van der Waals surface area contributed by atoms with Crippen molar-refractivity contribution in [2.75, 3.05) is 6.61 Å². The number of rotatable bonds is 8. The molecule has 1 atom stereocenters. The Kier molecular flexibility index (Phi) is 10.1. The number of aliphatic hydroxyl groups excluding tert-OH is 1. The van der Waals surface area contributed by atoms with Gasteiger partial charge in [-0.15, -0.1) is 0 Å². The second kappa shape index (κ2) is 10.5. The molecule has 0 heterocycles. The highest BCUT2D eigenvalue weighted by atomic mass is 16.2. The lowest BCUT2D eigenvalue weighted by molar-refractivity contribution is 0.302. The van der Waals surface area contributed by atoms with Crippen molar-refractivity contribution in [2.24, 2.45) is 5.92 Å². The molecule has 1 heteroatoms. The molecule has 0 aromatic heterocycles. The molecular weight excluding hydrogens is 172 g/mol. The first kappa shape index (κ1) is 13.4. The van der Waals surface area contributed by atoms with Crippen molar-refractivity contribution in [3.8, 4) is 0 Å². The van der Waals surface area contributed by atoms with E-state index in [2.05, 4.69) is 32.1 Å². The van der Waals surface area contributed by atoms with Crippen LogP contribution in [0.4, 0.5) is 0 Å². The fourth-order valence-corrected chi connectivity index (χ4v) is 1.27. The normalized spacial score (nSPS) is 14.2. The van der Waals surface area contributed by atoms with Gasteiger partial charge in [0.05, 0.1) is 0 Å². The lowest BCUT2D eigenvalue weighted by Gasteiger charge is -1.97. The highest BCUT2D eigenvalue weighted by Crippen LogP contribution is 2.04. The van der Waals surface area contributed by atoms with Crippen molar-refractivity contribution in [1.29, 1.82) is 0 Å². The number of unbranched alkanes of at least 4 members (excludes halogenated alkanes) is 3. The molecule has 0 fully saturated rings. The third kappa shape index (κ3) is 9.53. The number of allylic oxidation sites excluding steroid dienone is 3. The van der Waals surface area contributed by atoms with Crippen LogP contribution in [-0.4, -0.2) is 11.7 Å². The van der Waals surface area contributed by atoms with E-state index in [1.165, 1.54) is 25.7 Å². The van der Waals surface area contributed by atoms with E-state index in [1.807, 2.05) is 6.08 Å². The zero-order chi connectivity index (χ0) is 10.6. The Morgan fingerprint density at radius 3 is 2.29 bits per heavy atom. The molecule has 0 unspecified atom stereocenters. The van der Waals surface area contributed by atoms with Gasteiger partial charge in [-0.05, 0) is 25.2 Å². The quantitative estimate of drug-likeness (QED) is 0.463. The molecule has 0 amide bonds. The van der Waals surface area contributed by atoms with Crippen molar-refractivity contribution >= 4 is 0 Å². The molecule has 0 aromatic rings. The Bertz CT molecular complexity index is 159. The van der Waals surface area contributed by atoms with Crippen LogP contribution >= 0.6 is 0 Å². The molecular formula is C13H24O. The van der Waals surface area contributed by atoms with E-state index >= 15 is 0 Å². The third-order valence-corrected chi connectivity index (χ3v) is 2.15. The molecule has 0 spiro atoms. The molecule has 0 aliphatic rings. The summed E-state index contributed by atoms with van der Waals surface area (Å²) in [7, 11) is 0. The van der Waals surface area contributed by atoms with E-state index in [-0.39, 0.29) is 6.61 Å². The van der Waals surface area contributed by atoms with Crippen molar-refractivity contribution in [2.45, 2.75) is 46.0 Å². The van der Waals surface area contributed by atoms with Gasteiger partial charge in [-0.1, -0.05) is 51.0 Å². The minimum Gasteiger partial charge on any atom is -0.396 e. The van der Waals surface area contributed by atoms with Gasteiger partial charge in [0, 0.05) is 6.61 Å². The van der Waals surface area contributed by atoms with Crippen LogP contribution in [0.1, 0.15) is 46.0 Å². The number of hydrogen-bond donors (Lipinski definition) is 1. The maximum atomic E-state index is 8.58. The number of aliphatic hydroxyl groups is 1. The van der Waals surface area contributed by atoms with Gasteiger partial charge in [0.15, 0.2) is 0 Å². The zero-order valence-electron chi connectivity index (χ0n) is 9.58. The van der Waals surface area contributed by atoms with E-state index < -0.39 is 0 Å². The zero-order valence-corrected chi connectivity index (χ0v) is 9.58. The van der Waals surface area contributed by atoms with Gasteiger partial charge in [0.25, 0.3) is 0 Å². The minimum atomic E-state index is 0.253. The lowest BCUT2D eigenvalue weighted by Crippen LogP contribution is -1.83. The van der Waals surface area contributed by atoms with Crippen molar-refractivity contribution < 1.29 is 5.11 Å². The van der Waals surface area contributed by atoms with Crippen LogP contribution in [0.15, 0.2) is 24.3 Å². The summed E-state index contributed by atoms with van der Waals surface area (Å²) in [5, 5.41) is 8.58. The van der Waals surface area contributed by atoms with E-state index in [1.54, 1.807) is 0 Å². The summed E-state index contributed by atoms with van der Waals surface area (Å²) in [5.41, 5.74) is 0. The van der Waals surface area contributed by atoms with Crippen LogP contribution in [0.2, 0.25) is 0 Å². The fraction of sp³-hybridized carbons (Fsp3) is 0.692. The molecule has 1 N–H and O–H groups in total. The summed E-state index contributed by atoms with van der Waals surface area (Å²) < 4.78 is 0. The highest BCUT2D eigenvalue weighted by molar-refractivity contribution is 4.98. The first-order chi connectivity index (χ1) is 6.81. The van der Waals surface area contributed by atoms with Crippen molar-refractivity contribution in [3.05, 3.63) is 24.3 Å². The van der Waals surface area contributed by atoms with Crippen LogP contribution in [0.25, 0.3) is 0 Å². The first-order valence-electron chi connectivity index (χ1n) is 5.75. The molecule has 1 nitrogen and oxygen atoms in total. The topological polar surface area (TPSA) is 20.2 Å². The number of hydrogen-bond acceptors (Lipinski definition) is 1. The second-order valence-electron chi connectivity index (χ2n) is 3.72. The van der Waals surface area contributed by atoms with Crippen LogP contribution in [0.3, 0.4) is 0 Å². The van der Waals surface area contributed by atoms with Gasteiger partial charge in [-0.2, -0.15) is 0 Å². The second-order valence-corrected chi connectivity index (χ2v) is 3.72. The molecule has 0 bridgehead atoms. The maximum Gasteiger partial charge on any atom is 0.0465 e.